The maximum atomic E-state index is 12.9. The second-order valence-corrected chi connectivity index (χ2v) is 8.43. The first-order valence-corrected chi connectivity index (χ1v) is 10.5. The number of aryl methyl sites for hydroxylation is 2. The fourth-order valence-electron chi connectivity index (χ4n) is 2.96. The number of hydrogen-bond acceptors (Lipinski definition) is 3. The van der Waals surface area contributed by atoms with Gasteiger partial charge < -0.3 is 10.6 Å². The molecule has 1 amide bonds. The van der Waals surface area contributed by atoms with Crippen LogP contribution in [0.5, 0.6) is 0 Å². The first kappa shape index (κ1) is 23.8. The van der Waals surface area contributed by atoms with Gasteiger partial charge in [0.05, 0.1) is 22.1 Å². The van der Waals surface area contributed by atoms with Crippen LogP contribution in [0.1, 0.15) is 27.0 Å². The Morgan fingerprint density at radius 1 is 0.906 bits per heavy atom. The number of anilines is 3. The maximum absolute atomic E-state index is 12.9. The average Bonchev–Trinajstić information content (AvgIpc) is 2.72. The summed E-state index contributed by atoms with van der Waals surface area (Å²) in [6.07, 6.45) is -5.03. The van der Waals surface area contributed by atoms with Gasteiger partial charge in [-0.3, -0.25) is 9.59 Å². The summed E-state index contributed by atoms with van der Waals surface area (Å²) in [5.74, 6) is -2.29. The Bertz CT molecular complexity index is 1210. The van der Waals surface area contributed by atoms with Crippen molar-refractivity contribution in [3.05, 3.63) is 86.3 Å². The Morgan fingerprint density at radius 2 is 1.59 bits per heavy atom. The van der Waals surface area contributed by atoms with Crippen molar-refractivity contribution < 1.29 is 22.8 Å². The summed E-state index contributed by atoms with van der Waals surface area (Å²) >= 11 is 9.61. The molecule has 0 saturated carbocycles. The average molecular weight is 526 g/mol. The van der Waals surface area contributed by atoms with Gasteiger partial charge in [0.25, 0.3) is 0 Å². The minimum atomic E-state index is -5.03. The van der Waals surface area contributed by atoms with E-state index >= 15 is 0 Å². The van der Waals surface area contributed by atoms with E-state index in [0.717, 1.165) is 11.1 Å². The van der Waals surface area contributed by atoms with E-state index in [9.17, 15) is 22.8 Å². The Labute approximate surface area is 195 Å². The first-order valence-electron chi connectivity index (χ1n) is 9.32. The van der Waals surface area contributed by atoms with Gasteiger partial charge >= 0.3 is 12.1 Å². The van der Waals surface area contributed by atoms with Gasteiger partial charge in [-0.15, -0.1) is 0 Å². The van der Waals surface area contributed by atoms with Crippen LogP contribution in [0.15, 0.2) is 59.1 Å². The van der Waals surface area contributed by atoms with Crippen LogP contribution in [-0.4, -0.2) is 17.9 Å². The highest BCUT2D eigenvalue weighted by Crippen LogP contribution is 2.34. The zero-order chi connectivity index (χ0) is 23.6. The minimum Gasteiger partial charge on any atom is -0.353 e. The highest BCUT2D eigenvalue weighted by molar-refractivity contribution is 9.10. The van der Waals surface area contributed by atoms with Crippen LogP contribution in [0, 0.1) is 13.8 Å². The van der Waals surface area contributed by atoms with Crippen LogP contribution in [0.4, 0.5) is 30.2 Å². The van der Waals surface area contributed by atoms with Crippen LogP contribution in [-0.2, 0) is 4.79 Å². The number of ketones is 1. The maximum Gasteiger partial charge on any atom is 0.471 e. The summed E-state index contributed by atoms with van der Waals surface area (Å²) in [6, 6.07) is 14.5. The fourth-order valence-corrected chi connectivity index (χ4v) is 3.55. The molecule has 4 nitrogen and oxygen atoms in total. The van der Waals surface area contributed by atoms with Crippen molar-refractivity contribution >= 4 is 56.3 Å². The predicted molar refractivity (Wildman–Crippen MR) is 123 cm³/mol. The number of halogens is 5. The highest BCUT2D eigenvalue weighted by atomic mass is 79.9. The summed E-state index contributed by atoms with van der Waals surface area (Å²) in [4.78, 5) is 24.3. The van der Waals surface area contributed by atoms with Gasteiger partial charge in [-0.1, -0.05) is 45.2 Å². The van der Waals surface area contributed by atoms with Crippen molar-refractivity contribution in [2.75, 3.05) is 10.6 Å². The molecule has 3 aromatic carbocycles. The summed E-state index contributed by atoms with van der Waals surface area (Å²) < 4.78 is 38.5. The fraction of sp³-hybridized carbons (Fsp3) is 0.130. The van der Waals surface area contributed by atoms with Crippen molar-refractivity contribution in [1.29, 1.82) is 0 Å². The van der Waals surface area contributed by atoms with Crippen molar-refractivity contribution in [2.45, 2.75) is 20.0 Å². The van der Waals surface area contributed by atoms with Gasteiger partial charge in [-0.05, 0) is 61.9 Å². The molecule has 2 N–H and O–H groups in total. The summed E-state index contributed by atoms with van der Waals surface area (Å²) in [5, 5.41) is 4.93. The molecule has 0 aliphatic rings. The van der Waals surface area contributed by atoms with E-state index < -0.39 is 12.1 Å². The molecule has 0 aliphatic carbocycles. The SMILES string of the molecule is Cc1ccc(C)c(C(=O)c2ccc(Nc3cc(Br)ccc3NC(=O)C(F)(F)F)c(Cl)c2)c1. The number of hydrogen-bond donors (Lipinski definition) is 2. The molecular formula is C23H17BrClF3N2O2. The third kappa shape index (κ3) is 5.49. The van der Waals surface area contributed by atoms with Gasteiger partial charge in [0.2, 0.25) is 0 Å². The molecule has 0 atom stereocenters. The van der Waals surface area contributed by atoms with Gasteiger partial charge in [0.15, 0.2) is 5.78 Å². The van der Waals surface area contributed by atoms with Crippen LogP contribution < -0.4 is 10.6 Å². The molecule has 0 saturated heterocycles. The van der Waals surface area contributed by atoms with Crippen LogP contribution >= 0.6 is 27.5 Å². The van der Waals surface area contributed by atoms with Crippen molar-refractivity contribution in [3.63, 3.8) is 0 Å². The second-order valence-electron chi connectivity index (χ2n) is 7.11. The number of benzene rings is 3. The van der Waals surface area contributed by atoms with E-state index in [2.05, 4.69) is 21.2 Å². The zero-order valence-corrected chi connectivity index (χ0v) is 19.2. The van der Waals surface area contributed by atoms with Crippen LogP contribution in [0.3, 0.4) is 0 Å². The topological polar surface area (TPSA) is 58.2 Å². The quantitative estimate of drug-likeness (QED) is 0.347. The molecule has 3 rings (SSSR count). The molecule has 3 aromatic rings. The monoisotopic (exact) mass is 524 g/mol. The Balaban J connectivity index is 1.90. The lowest BCUT2D eigenvalue weighted by Gasteiger charge is -2.16. The van der Waals surface area contributed by atoms with Gasteiger partial charge in [0, 0.05) is 15.6 Å². The molecule has 0 aliphatic heterocycles. The smallest absolute Gasteiger partial charge is 0.353 e. The summed E-state index contributed by atoms with van der Waals surface area (Å²) in [6.45, 7) is 3.73. The van der Waals surface area contributed by atoms with Crippen LogP contribution in [0.2, 0.25) is 5.02 Å². The molecule has 9 heteroatoms. The Kier molecular flexibility index (Phi) is 6.95. The van der Waals surface area contributed by atoms with Crippen LogP contribution in [0.25, 0.3) is 0 Å². The van der Waals surface area contributed by atoms with E-state index in [-0.39, 0.29) is 22.2 Å². The molecule has 0 aromatic heterocycles. The lowest BCUT2D eigenvalue weighted by Crippen LogP contribution is -2.30. The number of nitrogens with one attached hydrogen (secondary N) is 2. The molecule has 166 valence electrons. The summed E-state index contributed by atoms with van der Waals surface area (Å²) in [7, 11) is 0. The molecule has 0 spiro atoms. The first-order chi connectivity index (χ1) is 15.0. The summed E-state index contributed by atoms with van der Waals surface area (Å²) in [5.41, 5.74) is 3.17. The lowest BCUT2D eigenvalue weighted by atomic mass is 9.97. The Hall–Kier alpha value is -2.84. The van der Waals surface area contributed by atoms with E-state index in [1.54, 1.807) is 18.2 Å². The normalized spacial score (nSPS) is 11.2. The van der Waals surface area contributed by atoms with Crippen molar-refractivity contribution in [3.8, 4) is 0 Å². The minimum absolute atomic E-state index is 0.0814. The molecule has 0 fully saturated rings. The lowest BCUT2D eigenvalue weighted by molar-refractivity contribution is -0.167. The van der Waals surface area contributed by atoms with Crippen molar-refractivity contribution in [2.24, 2.45) is 0 Å². The molecular weight excluding hydrogens is 509 g/mol. The van der Waals surface area contributed by atoms with E-state index in [0.29, 0.717) is 21.3 Å². The third-order valence-electron chi connectivity index (χ3n) is 4.63. The second kappa shape index (κ2) is 9.34. The number of rotatable bonds is 5. The number of amides is 1. The highest BCUT2D eigenvalue weighted by Gasteiger charge is 2.39. The van der Waals surface area contributed by atoms with E-state index in [4.69, 9.17) is 11.6 Å². The molecule has 32 heavy (non-hydrogen) atoms. The van der Waals surface area contributed by atoms with Gasteiger partial charge in [-0.25, -0.2) is 0 Å². The Morgan fingerprint density at radius 3 is 2.25 bits per heavy atom. The molecule has 0 bridgehead atoms. The van der Waals surface area contributed by atoms with Crippen molar-refractivity contribution in [1.82, 2.24) is 0 Å². The zero-order valence-electron chi connectivity index (χ0n) is 16.9. The third-order valence-corrected chi connectivity index (χ3v) is 5.43. The van der Waals surface area contributed by atoms with E-state index in [1.807, 2.05) is 31.3 Å². The van der Waals surface area contributed by atoms with Gasteiger partial charge in [0.1, 0.15) is 0 Å². The predicted octanol–water partition coefficient (Wildman–Crippen LogP) is 7.19. The van der Waals surface area contributed by atoms with E-state index in [1.165, 1.54) is 24.3 Å². The molecule has 0 radical (unpaired) electrons. The number of alkyl halides is 3. The molecule has 0 unspecified atom stereocenters. The number of carbonyl (C=O) groups is 2. The van der Waals surface area contributed by atoms with Gasteiger partial charge in [-0.2, -0.15) is 13.2 Å². The largest absolute Gasteiger partial charge is 0.471 e. The molecule has 0 heterocycles. The number of carbonyl (C=O) groups excluding carboxylic acids is 2. The standard InChI is InChI=1S/C23H17BrClF3N2O2/c1-12-3-4-13(2)16(9-12)21(31)14-5-7-18(17(25)10-14)29-20-11-15(24)6-8-19(20)30-22(32)23(26,27)28/h3-11,29H,1-2H3,(H,30,32).